The maximum atomic E-state index is 12.3. The van der Waals surface area contributed by atoms with E-state index in [4.69, 9.17) is 4.74 Å². The smallest absolute Gasteiger partial charge is 0.263 e. The van der Waals surface area contributed by atoms with Crippen LogP contribution in [0, 0.1) is 0 Å². The molecular weight excluding hydrogens is 240 g/mol. The monoisotopic (exact) mass is 262 g/mol. The predicted octanol–water partition coefficient (Wildman–Crippen LogP) is 1.66. The van der Waals surface area contributed by atoms with E-state index in [0.717, 1.165) is 31.7 Å². The van der Waals surface area contributed by atoms with Crippen LogP contribution in [-0.2, 0) is 4.79 Å². The van der Waals surface area contributed by atoms with Crippen molar-refractivity contribution in [1.82, 2.24) is 10.2 Å². The number of benzene rings is 1. The second-order valence-electron chi connectivity index (χ2n) is 4.99. The van der Waals surface area contributed by atoms with E-state index < -0.39 is 6.10 Å². The first-order valence-electron chi connectivity index (χ1n) is 6.88. The molecule has 0 spiro atoms. The third-order valence-corrected chi connectivity index (χ3v) is 3.55. The zero-order valence-electron chi connectivity index (χ0n) is 11.6. The zero-order chi connectivity index (χ0) is 13.7. The minimum atomic E-state index is -0.432. The van der Waals surface area contributed by atoms with Crippen LogP contribution in [0.3, 0.4) is 0 Å². The third-order valence-electron chi connectivity index (χ3n) is 3.55. The normalized spacial score (nSPS) is 20.9. The summed E-state index contributed by atoms with van der Waals surface area (Å²) in [5, 5.41) is 3.24. The average molecular weight is 262 g/mol. The van der Waals surface area contributed by atoms with E-state index in [1.807, 2.05) is 49.2 Å². The van der Waals surface area contributed by atoms with Gasteiger partial charge in [-0.3, -0.25) is 4.79 Å². The number of ether oxygens (including phenoxy) is 1. The third kappa shape index (κ3) is 3.70. The average Bonchev–Trinajstić information content (AvgIpc) is 2.47. The van der Waals surface area contributed by atoms with Gasteiger partial charge in [0.2, 0.25) is 0 Å². The van der Waals surface area contributed by atoms with Crippen LogP contribution in [0.15, 0.2) is 30.3 Å². The Labute approximate surface area is 114 Å². The number of amides is 1. The Kier molecular flexibility index (Phi) is 4.80. The summed E-state index contributed by atoms with van der Waals surface area (Å²) in [5.74, 6) is 0.814. The summed E-state index contributed by atoms with van der Waals surface area (Å²) >= 11 is 0. The van der Waals surface area contributed by atoms with E-state index >= 15 is 0 Å². The highest BCUT2D eigenvalue weighted by atomic mass is 16.5. The Morgan fingerprint density at radius 2 is 2.16 bits per heavy atom. The lowest BCUT2D eigenvalue weighted by Gasteiger charge is -2.34. The van der Waals surface area contributed by atoms with Crippen LogP contribution in [0.1, 0.15) is 19.8 Å². The molecule has 0 radical (unpaired) electrons. The molecule has 1 aromatic carbocycles. The van der Waals surface area contributed by atoms with E-state index in [0.29, 0.717) is 6.04 Å². The van der Waals surface area contributed by atoms with Crippen molar-refractivity contribution in [2.24, 2.45) is 0 Å². The molecule has 1 N–H and O–H groups in total. The molecule has 1 fully saturated rings. The fourth-order valence-corrected chi connectivity index (χ4v) is 2.42. The Bertz CT molecular complexity index is 408. The number of likely N-dealkylation sites (tertiary alicyclic amines) is 1. The molecule has 4 nitrogen and oxygen atoms in total. The minimum Gasteiger partial charge on any atom is -0.481 e. The van der Waals surface area contributed by atoms with Gasteiger partial charge in [0.15, 0.2) is 6.10 Å². The number of carbonyl (C=O) groups is 1. The SMILES string of the molecule is CNC1CCCN(C(=O)C(C)Oc2ccccc2)C1. The van der Waals surface area contributed by atoms with Crippen molar-refractivity contribution in [3.63, 3.8) is 0 Å². The summed E-state index contributed by atoms with van der Waals surface area (Å²) in [5.41, 5.74) is 0. The number of hydrogen-bond donors (Lipinski definition) is 1. The standard InChI is InChI=1S/C15H22N2O2/c1-12(19-14-8-4-3-5-9-14)15(18)17-10-6-7-13(11-17)16-2/h3-5,8-9,12-13,16H,6-7,10-11H2,1-2H3. The van der Waals surface area contributed by atoms with Gasteiger partial charge >= 0.3 is 0 Å². The molecule has 19 heavy (non-hydrogen) atoms. The minimum absolute atomic E-state index is 0.0730. The zero-order valence-corrected chi connectivity index (χ0v) is 11.6. The van der Waals surface area contributed by atoms with Gasteiger partial charge in [0, 0.05) is 19.1 Å². The van der Waals surface area contributed by atoms with Crippen molar-refractivity contribution >= 4 is 5.91 Å². The topological polar surface area (TPSA) is 41.6 Å². The molecule has 2 rings (SSSR count). The van der Waals surface area contributed by atoms with Crippen LogP contribution in [0.2, 0.25) is 0 Å². The van der Waals surface area contributed by atoms with E-state index in [1.165, 1.54) is 0 Å². The van der Waals surface area contributed by atoms with Crippen molar-refractivity contribution in [3.8, 4) is 5.75 Å². The van der Waals surface area contributed by atoms with Gasteiger partial charge in [0.1, 0.15) is 5.75 Å². The Hall–Kier alpha value is -1.55. The Balaban J connectivity index is 1.91. The van der Waals surface area contributed by atoms with Crippen LogP contribution in [0.25, 0.3) is 0 Å². The van der Waals surface area contributed by atoms with E-state index in [1.54, 1.807) is 0 Å². The highest BCUT2D eigenvalue weighted by molar-refractivity contribution is 5.81. The summed E-state index contributed by atoms with van der Waals surface area (Å²) in [6.07, 6.45) is 1.75. The Morgan fingerprint density at radius 3 is 2.84 bits per heavy atom. The first-order chi connectivity index (χ1) is 9.20. The number of nitrogens with zero attached hydrogens (tertiary/aromatic N) is 1. The van der Waals surface area contributed by atoms with Crippen LogP contribution >= 0.6 is 0 Å². The molecule has 0 saturated carbocycles. The molecule has 0 aliphatic carbocycles. The number of rotatable bonds is 4. The van der Waals surface area contributed by atoms with Gasteiger partial charge in [-0.25, -0.2) is 0 Å². The molecule has 4 heteroatoms. The van der Waals surface area contributed by atoms with Gasteiger partial charge in [-0.15, -0.1) is 0 Å². The summed E-state index contributed by atoms with van der Waals surface area (Å²) < 4.78 is 5.69. The van der Waals surface area contributed by atoms with Gasteiger partial charge in [-0.2, -0.15) is 0 Å². The van der Waals surface area contributed by atoms with Gasteiger partial charge in [0.05, 0.1) is 0 Å². The van der Waals surface area contributed by atoms with Crippen molar-refractivity contribution in [2.75, 3.05) is 20.1 Å². The molecule has 1 aromatic rings. The van der Waals surface area contributed by atoms with Crippen molar-refractivity contribution in [3.05, 3.63) is 30.3 Å². The first kappa shape index (κ1) is 13.9. The second kappa shape index (κ2) is 6.57. The lowest BCUT2D eigenvalue weighted by molar-refractivity contribution is -0.139. The van der Waals surface area contributed by atoms with Gasteiger partial charge in [0.25, 0.3) is 5.91 Å². The molecule has 0 bridgehead atoms. The number of carbonyl (C=O) groups excluding carboxylic acids is 1. The maximum absolute atomic E-state index is 12.3. The lowest BCUT2D eigenvalue weighted by Crippen LogP contribution is -2.50. The first-order valence-corrected chi connectivity index (χ1v) is 6.88. The predicted molar refractivity (Wildman–Crippen MR) is 75.2 cm³/mol. The van der Waals surface area contributed by atoms with Crippen LogP contribution in [-0.4, -0.2) is 43.1 Å². The van der Waals surface area contributed by atoms with Crippen LogP contribution in [0.5, 0.6) is 5.75 Å². The molecule has 104 valence electrons. The fourth-order valence-electron chi connectivity index (χ4n) is 2.42. The molecule has 1 aliphatic heterocycles. The van der Waals surface area contributed by atoms with Crippen LogP contribution in [0.4, 0.5) is 0 Å². The number of hydrogen-bond acceptors (Lipinski definition) is 3. The molecule has 0 aromatic heterocycles. The molecule has 1 heterocycles. The van der Waals surface area contributed by atoms with Crippen molar-refractivity contribution in [1.29, 1.82) is 0 Å². The maximum Gasteiger partial charge on any atom is 0.263 e. The fraction of sp³-hybridized carbons (Fsp3) is 0.533. The molecule has 1 saturated heterocycles. The Morgan fingerprint density at radius 1 is 1.42 bits per heavy atom. The summed E-state index contributed by atoms with van der Waals surface area (Å²) in [6, 6.07) is 9.89. The summed E-state index contributed by atoms with van der Waals surface area (Å²) in [4.78, 5) is 14.2. The number of piperidine rings is 1. The van der Waals surface area contributed by atoms with Gasteiger partial charge < -0.3 is 15.0 Å². The molecule has 1 aliphatic rings. The van der Waals surface area contributed by atoms with Gasteiger partial charge in [-0.1, -0.05) is 18.2 Å². The number of nitrogens with one attached hydrogen (secondary N) is 1. The van der Waals surface area contributed by atoms with Crippen LogP contribution < -0.4 is 10.1 Å². The van der Waals surface area contributed by atoms with Gasteiger partial charge in [-0.05, 0) is 38.9 Å². The highest BCUT2D eigenvalue weighted by Crippen LogP contribution is 2.15. The molecule has 2 unspecified atom stereocenters. The largest absolute Gasteiger partial charge is 0.481 e. The summed E-state index contributed by atoms with van der Waals surface area (Å²) in [7, 11) is 1.95. The van der Waals surface area contributed by atoms with Crippen molar-refractivity contribution in [2.45, 2.75) is 31.9 Å². The molecular formula is C15H22N2O2. The van der Waals surface area contributed by atoms with E-state index in [9.17, 15) is 4.79 Å². The quantitative estimate of drug-likeness (QED) is 0.897. The van der Waals surface area contributed by atoms with E-state index in [-0.39, 0.29) is 5.91 Å². The summed E-state index contributed by atoms with van der Waals surface area (Å²) in [6.45, 7) is 3.43. The number of para-hydroxylation sites is 1. The molecule has 1 amide bonds. The highest BCUT2D eigenvalue weighted by Gasteiger charge is 2.26. The van der Waals surface area contributed by atoms with Crippen molar-refractivity contribution < 1.29 is 9.53 Å². The second-order valence-corrected chi connectivity index (χ2v) is 4.99. The molecule has 2 atom stereocenters. The number of likely N-dealkylation sites (N-methyl/N-ethyl adjacent to an activating group) is 1. The van der Waals surface area contributed by atoms with E-state index in [2.05, 4.69) is 5.32 Å². The lowest BCUT2D eigenvalue weighted by atomic mass is 10.1.